The number of amides is 1. The number of piperazine rings is 1. The standard InChI is InChI=1S/C26H32ClN7O4S/c1-16-11-22-23(13-29-16)38-24(30-22)26(35)34-10-9-33(14-18(34)5-4-8-28)39(36,37)25-20(15-32(2)3)19-12-17(27)6-7-21(19)31-25/h6-7,12,16,18,29,31H,4-5,9-11,13-15H2,1-3H3. The van der Waals surface area contributed by atoms with Crippen molar-refractivity contribution in [2.75, 3.05) is 33.7 Å². The van der Waals surface area contributed by atoms with Gasteiger partial charge in [-0.3, -0.25) is 4.79 Å². The number of carbonyl (C=O) groups is 1. The van der Waals surface area contributed by atoms with Crippen LogP contribution in [0.25, 0.3) is 10.9 Å². The molecule has 0 radical (unpaired) electrons. The third-order valence-corrected chi connectivity index (χ3v) is 9.38. The van der Waals surface area contributed by atoms with E-state index in [-0.39, 0.29) is 48.9 Å². The number of halogens is 1. The number of sulfonamides is 1. The van der Waals surface area contributed by atoms with Gasteiger partial charge in [0.2, 0.25) is 0 Å². The monoisotopic (exact) mass is 573 g/mol. The number of aromatic nitrogens is 2. The first-order valence-corrected chi connectivity index (χ1v) is 14.7. The molecule has 0 spiro atoms. The van der Waals surface area contributed by atoms with Crippen LogP contribution >= 0.6 is 11.6 Å². The van der Waals surface area contributed by atoms with Crippen molar-refractivity contribution in [1.29, 1.82) is 5.26 Å². The summed E-state index contributed by atoms with van der Waals surface area (Å²) in [5.74, 6) is 0.277. The number of fused-ring (bicyclic) bond motifs is 2. The summed E-state index contributed by atoms with van der Waals surface area (Å²) in [5.41, 5.74) is 2.09. The Balaban J connectivity index is 1.44. The predicted octanol–water partition coefficient (Wildman–Crippen LogP) is 2.72. The van der Waals surface area contributed by atoms with Gasteiger partial charge in [0.15, 0.2) is 5.03 Å². The minimum absolute atomic E-state index is 0.00919. The Morgan fingerprint density at radius 3 is 2.87 bits per heavy atom. The molecule has 1 aromatic carbocycles. The number of nitrogens with one attached hydrogen (secondary N) is 2. The molecule has 2 unspecified atom stereocenters. The van der Waals surface area contributed by atoms with E-state index in [0.29, 0.717) is 47.8 Å². The molecule has 2 aliphatic rings. The number of carbonyl (C=O) groups excluding carboxylic acids is 1. The maximum Gasteiger partial charge on any atom is 0.310 e. The third kappa shape index (κ3) is 5.42. The van der Waals surface area contributed by atoms with Gasteiger partial charge in [-0.1, -0.05) is 11.6 Å². The number of oxazole rings is 1. The van der Waals surface area contributed by atoms with E-state index >= 15 is 0 Å². The topological polar surface area (TPSA) is 139 Å². The highest BCUT2D eigenvalue weighted by Gasteiger charge is 2.40. The summed E-state index contributed by atoms with van der Waals surface area (Å²) in [6.45, 7) is 3.27. The quantitative estimate of drug-likeness (QED) is 0.440. The molecule has 13 heteroatoms. The van der Waals surface area contributed by atoms with Gasteiger partial charge in [-0.2, -0.15) is 9.57 Å². The molecule has 39 heavy (non-hydrogen) atoms. The van der Waals surface area contributed by atoms with E-state index in [0.717, 1.165) is 11.1 Å². The first kappa shape index (κ1) is 27.6. The van der Waals surface area contributed by atoms with Crippen LogP contribution in [0.15, 0.2) is 27.6 Å². The number of benzene rings is 1. The van der Waals surface area contributed by atoms with Crippen LogP contribution in [-0.2, 0) is 29.5 Å². The van der Waals surface area contributed by atoms with Gasteiger partial charge in [0.05, 0.1) is 18.3 Å². The van der Waals surface area contributed by atoms with Crippen LogP contribution in [0.1, 0.15) is 47.5 Å². The van der Waals surface area contributed by atoms with Gasteiger partial charge >= 0.3 is 5.91 Å². The second-order valence-electron chi connectivity index (χ2n) is 10.4. The van der Waals surface area contributed by atoms with E-state index in [1.807, 2.05) is 25.9 Å². The van der Waals surface area contributed by atoms with E-state index in [4.69, 9.17) is 16.0 Å². The number of nitrogens with zero attached hydrogens (tertiary/aromatic N) is 5. The zero-order chi connectivity index (χ0) is 27.9. The summed E-state index contributed by atoms with van der Waals surface area (Å²) in [6.07, 6.45) is 1.18. The number of H-pyrrole nitrogens is 1. The van der Waals surface area contributed by atoms with Crippen LogP contribution in [0, 0.1) is 11.3 Å². The fraction of sp³-hybridized carbons (Fsp3) is 0.500. The summed E-state index contributed by atoms with van der Waals surface area (Å²) in [5, 5.41) is 13.9. The third-order valence-electron chi connectivity index (χ3n) is 7.27. The molecule has 2 aliphatic heterocycles. The fourth-order valence-corrected chi connectivity index (χ4v) is 7.18. The van der Waals surface area contributed by atoms with Crippen LogP contribution in [0.2, 0.25) is 5.02 Å². The summed E-state index contributed by atoms with van der Waals surface area (Å²) < 4.78 is 35.2. The maximum absolute atomic E-state index is 14.0. The minimum atomic E-state index is -3.95. The Kier molecular flexibility index (Phi) is 7.72. The van der Waals surface area contributed by atoms with Crippen LogP contribution in [-0.4, -0.2) is 84.2 Å². The molecule has 2 aromatic heterocycles. The van der Waals surface area contributed by atoms with Gasteiger partial charge in [0.25, 0.3) is 15.9 Å². The first-order valence-electron chi connectivity index (χ1n) is 12.9. The summed E-state index contributed by atoms with van der Waals surface area (Å²) >= 11 is 6.24. The number of rotatable bonds is 7. The van der Waals surface area contributed by atoms with Crippen molar-refractivity contribution in [2.24, 2.45) is 0 Å². The molecule has 2 atom stereocenters. The molecular formula is C26H32ClN7O4S. The highest BCUT2D eigenvalue weighted by Crippen LogP contribution is 2.32. The summed E-state index contributed by atoms with van der Waals surface area (Å²) in [6, 6.07) is 7.11. The van der Waals surface area contributed by atoms with Crippen molar-refractivity contribution in [1.82, 2.24) is 29.4 Å². The fourth-order valence-electron chi connectivity index (χ4n) is 5.33. The van der Waals surface area contributed by atoms with Crippen molar-refractivity contribution >= 4 is 38.4 Å². The van der Waals surface area contributed by atoms with Crippen LogP contribution in [0.4, 0.5) is 0 Å². The summed E-state index contributed by atoms with van der Waals surface area (Å²) in [4.78, 5) is 24.6. The van der Waals surface area contributed by atoms with Crippen molar-refractivity contribution in [3.05, 3.63) is 46.1 Å². The van der Waals surface area contributed by atoms with E-state index in [1.165, 1.54) is 4.31 Å². The molecule has 1 fully saturated rings. The van der Waals surface area contributed by atoms with E-state index < -0.39 is 16.1 Å². The second-order valence-corrected chi connectivity index (χ2v) is 12.8. The minimum Gasteiger partial charge on any atom is -0.436 e. The van der Waals surface area contributed by atoms with Crippen molar-refractivity contribution in [2.45, 2.75) is 56.4 Å². The lowest BCUT2D eigenvalue weighted by molar-refractivity contribution is 0.0511. The Bertz CT molecular complexity index is 1540. The first-order chi connectivity index (χ1) is 18.6. The average molecular weight is 574 g/mol. The Hall–Kier alpha value is -2.95. The normalized spacial score (nSPS) is 20.4. The van der Waals surface area contributed by atoms with Gasteiger partial charge in [0, 0.05) is 72.6 Å². The second kappa shape index (κ2) is 10.9. The molecule has 4 heterocycles. The summed E-state index contributed by atoms with van der Waals surface area (Å²) in [7, 11) is -0.205. The molecule has 1 amide bonds. The zero-order valence-electron chi connectivity index (χ0n) is 22.2. The highest BCUT2D eigenvalue weighted by atomic mass is 35.5. The van der Waals surface area contributed by atoms with Gasteiger partial charge in [-0.25, -0.2) is 13.4 Å². The maximum atomic E-state index is 14.0. The number of aromatic amines is 1. The zero-order valence-corrected chi connectivity index (χ0v) is 23.8. The van der Waals surface area contributed by atoms with Crippen LogP contribution in [0.3, 0.4) is 0 Å². The molecule has 2 N–H and O–H groups in total. The molecule has 0 saturated carbocycles. The number of hydrogen-bond donors (Lipinski definition) is 2. The Labute approximate surface area is 232 Å². The smallest absolute Gasteiger partial charge is 0.310 e. The number of hydrogen-bond acceptors (Lipinski definition) is 8. The molecule has 5 rings (SSSR count). The highest BCUT2D eigenvalue weighted by molar-refractivity contribution is 7.89. The van der Waals surface area contributed by atoms with E-state index in [2.05, 4.69) is 21.4 Å². The van der Waals surface area contributed by atoms with Crippen LogP contribution < -0.4 is 5.32 Å². The van der Waals surface area contributed by atoms with Crippen molar-refractivity contribution in [3.63, 3.8) is 0 Å². The van der Waals surface area contributed by atoms with Gasteiger partial charge in [-0.05, 0) is 45.6 Å². The molecule has 0 aliphatic carbocycles. The van der Waals surface area contributed by atoms with Gasteiger partial charge in [0.1, 0.15) is 5.76 Å². The van der Waals surface area contributed by atoms with Crippen molar-refractivity contribution in [3.8, 4) is 6.07 Å². The number of nitriles is 1. The average Bonchev–Trinajstić information content (AvgIpc) is 3.48. The van der Waals surface area contributed by atoms with Gasteiger partial charge < -0.3 is 24.5 Å². The molecule has 11 nitrogen and oxygen atoms in total. The van der Waals surface area contributed by atoms with Gasteiger partial charge in [-0.15, -0.1) is 0 Å². The Morgan fingerprint density at radius 1 is 1.33 bits per heavy atom. The lowest BCUT2D eigenvalue weighted by Gasteiger charge is -2.40. The van der Waals surface area contributed by atoms with E-state index in [1.54, 1.807) is 23.1 Å². The molecule has 3 aromatic rings. The molecule has 208 valence electrons. The predicted molar refractivity (Wildman–Crippen MR) is 146 cm³/mol. The molecular weight excluding hydrogens is 542 g/mol. The van der Waals surface area contributed by atoms with Crippen molar-refractivity contribution < 1.29 is 17.6 Å². The molecule has 0 bridgehead atoms. The lowest BCUT2D eigenvalue weighted by Crippen LogP contribution is -2.56. The largest absolute Gasteiger partial charge is 0.436 e. The lowest BCUT2D eigenvalue weighted by atomic mass is 10.1. The Morgan fingerprint density at radius 2 is 2.13 bits per heavy atom. The van der Waals surface area contributed by atoms with Crippen LogP contribution in [0.5, 0.6) is 0 Å². The molecule has 1 saturated heterocycles. The van der Waals surface area contributed by atoms with E-state index in [9.17, 15) is 18.5 Å². The SMILES string of the molecule is CC1Cc2nc(C(=O)N3CCN(S(=O)(=O)c4[nH]c5ccc(Cl)cc5c4CN(C)C)CC3CCC#N)oc2CN1.